The maximum Gasteiger partial charge on any atom is 0.220 e. The first-order valence-electron chi connectivity index (χ1n) is 7.32. The Hall–Kier alpha value is -0.870. The highest BCUT2D eigenvalue weighted by molar-refractivity contribution is 7.09. The lowest BCUT2D eigenvalue weighted by Crippen LogP contribution is -2.39. The molecule has 0 aromatic carbocycles. The van der Waals surface area contributed by atoms with Gasteiger partial charge >= 0.3 is 0 Å². The number of aryl methyl sites for hydroxylation is 1. The van der Waals surface area contributed by atoms with Gasteiger partial charge in [0.1, 0.15) is 0 Å². The number of hydrogen-bond acceptors (Lipinski definition) is 3. The maximum atomic E-state index is 11.8. The number of carbonyl (C=O) groups excluding carboxylic acids is 1. The fraction of sp³-hybridized carbons (Fsp3) is 0.667. The van der Waals surface area contributed by atoms with Crippen molar-refractivity contribution in [1.82, 2.24) is 10.2 Å². The van der Waals surface area contributed by atoms with Crippen LogP contribution < -0.4 is 5.32 Å². The normalized spacial score (nSPS) is 19.7. The lowest BCUT2D eigenvalue weighted by molar-refractivity contribution is -0.121. The van der Waals surface area contributed by atoms with Gasteiger partial charge in [-0.05, 0) is 50.2 Å². The number of nitrogens with one attached hydrogen (secondary N) is 1. The van der Waals surface area contributed by atoms with Gasteiger partial charge in [0, 0.05) is 23.9 Å². The largest absolute Gasteiger partial charge is 0.355 e. The van der Waals surface area contributed by atoms with Gasteiger partial charge in [-0.25, -0.2) is 0 Å². The Kier molecular flexibility index (Phi) is 5.86. The minimum atomic E-state index is 0.208. The van der Waals surface area contributed by atoms with Crippen LogP contribution in [0.15, 0.2) is 17.5 Å². The Morgan fingerprint density at radius 2 is 2.47 bits per heavy atom. The van der Waals surface area contributed by atoms with Crippen LogP contribution >= 0.6 is 11.3 Å². The van der Waals surface area contributed by atoms with Crippen molar-refractivity contribution in [2.75, 3.05) is 19.6 Å². The van der Waals surface area contributed by atoms with Crippen LogP contribution in [0.4, 0.5) is 0 Å². The third-order valence-corrected chi connectivity index (χ3v) is 4.78. The van der Waals surface area contributed by atoms with Crippen molar-refractivity contribution in [3.05, 3.63) is 22.4 Å². The summed E-state index contributed by atoms with van der Waals surface area (Å²) in [6.45, 7) is 5.31. The molecule has 1 fully saturated rings. The highest BCUT2D eigenvalue weighted by atomic mass is 32.1. The van der Waals surface area contributed by atoms with E-state index in [1.54, 1.807) is 11.3 Å². The van der Waals surface area contributed by atoms with Crippen LogP contribution in [-0.4, -0.2) is 36.5 Å². The molecule has 0 radical (unpaired) electrons. The summed E-state index contributed by atoms with van der Waals surface area (Å²) in [5.74, 6) is 0.208. The number of rotatable bonds is 7. The first kappa shape index (κ1) is 14.5. The second kappa shape index (κ2) is 7.65. The third-order valence-electron chi connectivity index (χ3n) is 3.85. The van der Waals surface area contributed by atoms with E-state index in [4.69, 9.17) is 0 Å². The van der Waals surface area contributed by atoms with Gasteiger partial charge in [0.25, 0.3) is 0 Å². The van der Waals surface area contributed by atoms with Gasteiger partial charge in [-0.3, -0.25) is 9.69 Å². The van der Waals surface area contributed by atoms with Crippen molar-refractivity contribution < 1.29 is 4.79 Å². The fourth-order valence-corrected chi connectivity index (χ4v) is 3.49. The molecule has 2 heterocycles. The molecular weight excluding hydrogens is 256 g/mol. The van der Waals surface area contributed by atoms with E-state index in [0.717, 1.165) is 25.9 Å². The van der Waals surface area contributed by atoms with E-state index in [-0.39, 0.29) is 5.91 Å². The minimum absolute atomic E-state index is 0.208. The molecule has 19 heavy (non-hydrogen) atoms. The highest BCUT2D eigenvalue weighted by Gasteiger charge is 2.22. The van der Waals surface area contributed by atoms with Gasteiger partial charge in [0.15, 0.2) is 0 Å². The van der Waals surface area contributed by atoms with Crippen LogP contribution in [0.2, 0.25) is 0 Å². The molecule has 0 bridgehead atoms. The van der Waals surface area contributed by atoms with Crippen molar-refractivity contribution >= 4 is 17.2 Å². The zero-order valence-corrected chi connectivity index (χ0v) is 12.5. The first-order valence-corrected chi connectivity index (χ1v) is 8.20. The predicted molar refractivity (Wildman–Crippen MR) is 80.5 cm³/mol. The van der Waals surface area contributed by atoms with Gasteiger partial charge in [-0.2, -0.15) is 0 Å². The number of amides is 1. The number of likely N-dealkylation sites (N-methyl/N-ethyl adjacent to an activating group) is 1. The van der Waals surface area contributed by atoms with Crippen LogP contribution in [0.25, 0.3) is 0 Å². The van der Waals surface area contributed by atoms with Crippen molar-refractivity contribution in [2.24, 2.45) is 0 Å². The molecule has 3 nitrogen and oxygen atoms in total. The molecule has 1 aliphatic heterocycles. The summed E-state index contributed by atoms with van der Waals surface area (Å²) in [6.07, 6.45) is 5.12. The van der Waals surface area contributed by atoms with Gasteiger partial charge < -0.3 is 5.32 Å². The van der Waals surface area contributed by atoms with E-state index in [2.05, 4.69) is 34.7 Å². The molecule has 1 atom stereocenters. The molecule has 1 aliphatic rings. The standard InChI is InChI=1S/C15H24N2OS/c1-2-17-10-4-6-13(17)12-16-15(18)9-3-7-14-8-5-11-19-14/h5,8,11,13H,2-4,6-7,9-10,12H2,1H3,(H,16,18). The number of thiophene rings is 1. The van der Waals surface area contributed by atoms with Crippen LogP contribution in [0.1, 0.15) is 37.5 Å². The predicted octanol–water partition coefficient (Wildman–Crippen LogP) is 2.67. The van der Waals surface area contributed by atoms with E-state index in [1.165, 1.54) is 24.3 Å². The molecule has 1 aromatic rings. The van der Waals surface area contributed by atoms with E-state index >= 15 is 0 Å². The molecule has 1 saturated heterocycles. The van der Waals surface area contributed by atoms with Gasteiger partial charge in [0.2, 0.25) is 5.91 Å². The Labute approximate surface area is 120 Å². The topological polar surface area (TPSA) is 32.3 Å². The SMILES string of the molecule is CCN1CCCC1CNC(=O)CCCc1cccs1. The Balaban J connectivity index is 1.59. The molecule has 1 N–H and O–H groups in total. The summed E-state index contributed by atoms with van der Waals surface area (Å²) >= 11 is 1.77. The van der Waals surface area contributed by atoms with Crippen molar-refractivity contribution in [2.45, 2.75) is 45.1 Å². The average molecular weight is 280 g/mol. The smallest absolute Gasteiger partial charge is 0.220 e. The molecule has 1 aromatic heterocycles. The summed E-state index contributed by atoms with van der Waals surface area (Å²) < 4.78 is 0. The number of hydrogen-bond donors (Lipinski definition) is 1. The molecule has 0 spiro atoms. The van der Waals surface area contributed by atoms with Gasteiger partial charge in [-0.1, -0.05) is 13.0 Å². The monoisotopic (exact) mass is 280 g/mol. The summed E-state index contributed by atoms with van der Waals surface area (Å²) in [4.78, 5) is 15.6. The summed E-state index contributed by atoms with van der Waals surface area (Å²) in [5, 5.41) is 5.18. The lowest BCUT2D eigenvalue weighted by Gasteiger charge is -2.22. The van der Waals surface area contributed by atoms with Crippen LogP contribution in [0, 0.1) is 0 Å². The molecule has 106 valence electrons. The van der Waals surface area contributed by atoms with Crippen LogP contribution in [0.3, 0.4) is 0 Å². The van der Waals surface area contributed by atoms with Crippen LogP contribution in [-0.2, 0) is 11.2 Å². The van der Waals surface area contributed by atoms with E-state index < -0.39 is 0 Å². The Morgan fingerprint density at radius 3 is 3.21 bits per heavy atom. The molecule has 0 saturated carbocycles. The first-order chi connectivity index (χ1) is 9.29. The van der Waals surface area contributed by atoms with Crippen LogP contribution in [0.5, 0.6) is 0 Å². The summed E-state index contributed by atoms with van der Waals surface area (Å²) in [6, 6.07) is 4.77. The van der Waals surface area contributed by atoms with E-state index in [1.807, 2.05) is 0 Å². The van der Waals surface area contributed by atoms with Crippen molar-refractivity contribution in [1.29, 1.82) is 0 Å². The fourth-order valence-electron chi connectivity index (χ4n) is 2.74. The highest BCUT2D eigenvalue weighted by Crippen LogP contribution is 2.15. The van der Waals surface area contributed by atoms with Gasteiger partial charge in [-0.15, -0.1) is 11.3 Å². The Bertz CT molecular complexity index is 378. The number of carbonyl (C=O) groups is 1. The molecule has 1 unspecified atom stereocenters. The van der Waals surface area contributed by atoms with E-state index in [9.17, 15) is 4.79 Å². The Morgan fingerprint density at radius 1 is 1.58 bits per heavy atom. The molecule has 4 heteroatoms. The van der Waals surface area contributed by atoms with Crippen molar-refractivity contribution in [3.8, 4) is 0 Å². The maximum absolute atomic E-state index is 11.8. The lowest BCUT2D eigenvalue weighted by atomic mass is 10.2. The number of nitrogens with zero attached hydrogens (tertiary/aromatic N) is 1. The second-order valence-electron chi connectivity index (χ2n) is 5.16. The zero-order valence-electron chi connectivity index (χ0n) is 11.7. The van der Waals surface area contributed by atoms with Crippen molar-refractivity contribution in [3.63, 3.8) is 0 Å². The average Bonchev–Trinajstić information content (AvgIpc) is 3.07. The molecule has 1 amide bonds. The van der Waals surface area contributed by atoms with E-state index in [0.29, 0.717) is 12.5 Å². The zero-order chi connectivity index (χ0) is 13.5. The minimum Gasteiger partial charge on any atom is -0.355 e. The number of likely N-dealkylation sites (tertiary alicyclic amines) is 1. The quantitative estimate of drug-likeness (QED) is 0.833. The molecule has 2 rings (SSSR count). The summed E-state index contributed by atoms with van der Waals surface area (Å²) in [5.41, 5.74) is 0. The van der Waals surface area contributed by atoms with Gasteiger partial charge in [0.05, 0.1) is 0 Å². The summed E-state index contributed by atoms with van der Waals surface area (Å²) in [7, 11) is 0. The molecule has 0 aliphatic carbocycles. The second-order valence-corrected chi connectivity index (χ2v) is 6.19. The third kappa shape index (κ3) is 4.62. The molecular formula is C15H24N2OS.